The van der Waals surface area contributed by atoms with Crippen LogP contribution in [0.15, 0.2) is 54.6 Å². The molecule has 20 heavy (non-hydrogen) atoms. The van der Waals surface area contributed by atoms with E-state index in [2.05, 4.69) is 12.2 Å². The van der Waals surface area contributed by atoms with Gasteiger partial charge in [-0.05, 0) is 43.7 Å². The van der Waals surface area contributed by atoms with Crippen molar-refractivity contribution in [1.29, 1.82) is 0 Å². The maximum absolute atomic E-state index is 11.7. The van der Waals surface area contributed by atoms with Gasteiger partial charge >= 0.3 is 5.97 Å². The summed E-state index contributed by atoms with van der Waals surface area (Å²) < 4.78 is 5.02. The van der Waals surface area contributed by atoms with Gasteiger partial charge in [0.05, 0.1) is 12.2 Å². The highest BCUT2D eigenvalue weighted by Gasteiger charge is 2.10. The summed E-state index contributed by atoms with van der Waals surface area (Å²) in [6.07, 6.45) is 0. The molecule has 2 aromatic rings. The molecule has 0 heterocycles. The molecule has 0 spiro atoms. The first-order valence-electron chi connectivity index (χ1n) is 6.79. The molecule has 104 valence electrons. The lowest BCUT2D eigenvalue weighted by Crippen LogP contribution is -2.09. The van der Waals surface area contributed by atoms with Crippen molar-refractivity contribution in [1.82, 2.24) is 0 Å². The summed E-state index contributed by atoms with van der Waals surface area (Å²) >= 11 is 0. The number of hydrogen-bond acceptors (Lipinski definition) is 3. The normalized spacial score (nSPS) is 11.7. The van der Waals surface area contributed by atoms with Crippen LogP contribution < -0.4 is 5.32 Å². The molecule has 0 saturated carbocycles. The summed E-state index contributed by atoms with van der Waals surface area (Å²) in [5.74, 6) is -0.277. The Kier molecular flexibility index (Phi) is 4.77. The minimum atomic E-state index is -0.277. The topological polar surface area (TPSA) is 38.3 Å². The molecule has 1 N–H and O–H groups in total. The second-order valence-electron chi connectivity index (χ2n) is 4.58. The highest BCUT2D eigenvalue weighted by atomic mass is 16.5. The van der Waals surface area contributed by atoms with Crippen LogP contribution >= 0.6 is 0 Å². The van der Waals surface area contributed by atoms with Crippen molar-refractivity contribution >= 4 is 11.7 Å². The van der Waals surface area contributed by atoms with Gasteiger partial charge in [0, 0.05) is 11.7 Å². The van der Waals surface area contributed by atoms with Crippen LogP contribution in [0, 0.1) is 0 Å². The van der Waals surface area contributed by atoms with Crippen molar-refractivity contribution in [3.05, 3.63) is 65.7 Å². The van der Waals surface area contributed by atoms with Gasteiger partial charge in [-0.3, -0.25) is 0 Å². The first-order chi connectivity index (χ1) is 9.70. The average Bonchev–Trinajstić information content (AvgIpc) is 2.48. The molecule has 1 unspecified atom stereocenters. The first kappa shape index (κ1) is 14.1. The highest BCUT2D eigenvalue weighted by molar-refractivity contribution is 5.89. The molecular weight excluding hydrogens is 250 g/mol. The predicted octanol–water partition coefficient (Wildman–Crippen LogP) is 4.04. The molecule has 0 radical (unpaired) electrons. The lowest BCUT2D eigenvalue weighted by atomic mass is 10.0. The van der Waals surface area contributed by atoms with Crippen LogP contribution in [0.4, 0.5) is 5.69 Å². The molecule has 3 nitrogen and oxygen atoms in total. The smallest absolute Gasteiger partial charge is 0.338 e. The van der Waals surface area contributed by atoms with Gasteiger partial charge in [-0.1, -0.05) is 30.3 Å². The largest absolute Gasteiger partial charge is 0.462 e. The summed E-state index contributed by atoms with van der Waals surface area (Å²) in [6.45, 7) is 4.26. The molecule has 1 atom stereocenters. The fourth-order valence-corrected chi connectivity index (χ4v) is 2.02. The van der Waals surface area contributed by atoms with E-state index in [0.717, 1.165) is 11.3 Å². The third kappa shape index (κ3) is 3.60. The summed E-state index contributed by atoms with van der Waals surface area (Å²) in [4.78, 5) is 11.7. The van der Waals surface area contributed by atoms with E-state index in [1.54, 1.807) is 13.0 Å². The molecule has 0 aromatic heterocycles. The van der Waals surface area contributed by atoms with Gasteiger partial charge < -0.3 is 10.1 Å². The number of benzene rings is 2. The second kappa shape index (κ2) is 6.75. The third-order valence-electron chi connectivity index (χ3n) is 3.05. The molecule has 0 amide bonds. The lowest BCUT2D eigenvalue weighted by molar-refractivity contribution is 0.0526. The molecule has 0 aliphatic carbocycles. The fraction of sp³-hybridized carbons (Fsp3) is 0.235. The van der Waals surface area contributed by atoms with Crippen molar-refractivity contribution in [2.75, 3.05) is 11.9 Å². The molecular formula is C17H19NO2. The Morgan fingerprint density at radius 1 is 1.15 bits per heavy atom. The quantitative estimate of drug-likeness (QED) is 0.833. The summed E-state index contributed by atoms with van der Waals surface area (Å²) in [5, 5.41) is 3.40. The number of ether oxygens (including phenoxy) is 1. The zero-order chi connectivity index (χ0) is 14.4. The maximum atomic E-state index is 11.7. The highest BCUT2D eigenvalue weighted by Crippen LogP contribution is 2.20. The Balaban J connectivity index is 2.12. The second-order valence-corrected chi connectivity index (χ2v) is 4.58. The number of esters is 1. The number of para-hydroxylation sites is 1. The minimum Gasteiger partial charge on any atom is -0.462 e. The van der Waals surface area contributed by atoms with Gasteiger partial charge in [-0.25, -0.2) is 4.79 Å². The zero-order valence-corrected chi connectivity index (χ0v) is 11.8. The van der Waals surface area contributed by atoms with Crippen molar-refractivity contribution in [2.24, 2.45) is 0 Å². The van der Waals surface area contributed by atoms with Crippen molar-refractivity contribution in [2.45, 2.75) is 19.9 Å². The molecule has 3 heteroatoms. The van der Waals surface area contributed by atoms with Crippen LogP contribution in [0.2, 0.25) is 0 Å². The number of rotatable bonds is 5. The maximum Gasteiger partial charge on any atom is 0.338 e. The Labute approximate surface area is 119 Å². The summed E-state index contributed by atoms with van der Waals surface area (Å²) in [7, 11) is 0. The first-order valence-corrected chi connectivity index (χ1v) is 6.79. The standard InChI is InChI=1S/C17H19NO2/c1-3-20-17(19)15-9-7-8-14(12-15)13(2)18-16-10-5-4-6-11-16/h4-13,18H,3H2,1-2H3. The van der Waals surface area contributed by atoms with E-state index in [4.69, 9.17) is 4.74 Å². The Morgan fingerprint density at radius 2 is 1.90 bits per heavy atom. The summed E-state index contributed by atoms with van der Waals surface area (Å²) in [6, 6.07) is 17.7. The van der Waals surface area contributed by atoms with Crippen molar-refractivity contribution in [3.63, 3.8) is 0 Å². The van der Waals surface area contributed by atoms with E-state index in [-0.39, 0.29) is 12.0 Å². The predicted molar refractivity (Wildman–Crippen MR) is 80.9 cm³/mol. The van der Waals surface area contributed by atoms with E-state index >= 15 is 0 Å². The molecule has 2 aromatic carbocycles. The van der Waals surface area contributed by atoms with Gasteiger partial charge in [0.25, 0.3) is 0 Å². The molecule has 0 saturated heterocycles. The fourth-order valence-electron chi connectivity index (χ4n) is 2.02. The van der Waals surface area contributed by atoms with Crippen molar-refractivity contribution in [3.8, 4) is 0 Å². The van der Waals surface area contributed by atoms with Crippen LogP contribution in [0.25, 0.3) is 0 Å². The van der Waals surface area contributed by atoms with Gasteiger partial charge in [-0.15, -0.1) is 0 Å². The lowest BCUT2D eigenvalue weighted by Gasteiger charge is -2.16. The van der Waals surface area contributed by atoms with E-state index in [9.17, 15) is 4.79 Å². The molecule has 2 rings (SSSR count). The monoisotopic (exact) mass is 269 g/mol. The van der Waals surface area contributed by atoms with Gasteiger partial charge in [0.15, 0.2) is 0 Å². The number of carbonyl (C=O) groups excluding carboxylic acids is 1. The molecule has 0 aliphatic heterocycles. The molecule has 0 aliphatic rings. The van der Waals surface area contributed by atoms with E-state index < -0.39 is 0 Å². The minimum absolute atomic E-state index is 0.117. The van der Waals surface area contributed by atoms with Gasteiger partial charge in [0.2, 0.25) is 0 Å². The van der Waals surface area contributed by atoms with Crippen LogP contribution in [-0.2, 0) is 4.74 Å². The van der Waals surface area contributed by atoms with Crippen LogP contribution in [-0.4, -0.2) is 12.6 Å². The van der Waals surface area contributed by atoms with Crippen LogP contribution in [0.3, 0.4) is 0 Å². The third-order valence-corrected chi connectivity index (χ3v) is 3.05. The molecule has 0 fully saturated rings. The van der Waals surface area contributed by atoms with Crippen LogP contribution in [0.5, 0.6) is 0 Å². The Bertz CT molecular complexity index is 566. The zero-order valence-electron chi connectivity index (χ0n) is 11.8. The summed E-state index contributed by atoms with van der Waals surface area (Å²) in [5.41, 5.74) is 2.70. The van der Waals surface area contributed by atoms with E-state index in [1.165, 1.54) is 0 Å². The molecule has 0 bridgehead atoms. The number of anilines is 1. The van der Waals surface area contributed by atoms with Crippen molar-refractivity contribution < 1.29 is 9.53 Å². The number of hydrogen-bond donors (Lipinski definition) is 1. The number of carbonyl (C=O) groups is 1. The van der Waals surface area contributed by atoms with E-state index in [1.807, 2.05) is 48.5 Å². The average molecular weight is 269 g/mol. The number of nitrogens with one attached hydrogen (secondary N) is 1. The van der Waals surface area contributed by atoms with E-state index in [0.29, 0.717) is 12.2 Å². The Morgan fingerprint density at radius 3 is 2.60 bits per heavy atom. The SMILES string of the molecule is CCOC(=O)c1cccc(C(C)Nc2ccccc2)c1. The van der Waals surface area contributed by atoms with Gasteiger partial charge in [-0.2, -0.15) is 0 Å². The van der Waals surface area contributed by atoms with Gasteiger partial charge in [0.1, 0.15) is 0 Å². The Hall–Kier alpha value is -2.29. The van der Waals surface area contributed by atoms with Crippen LogP contribution in [0.1, 0.15) is 35.8 Å².